The number of ether oxygens (including phenoxy) is 1. The maximum atomic E-state index is 9.35. The molecule has 0 amide bonds. The third-order valence-electron chi connectivity index (χ3n) is 3.93. The maximum absolute atomic E-state index is 9.35. The molecule has 1 heterocycles. The third-order valence-corrected chi connectivity index (χ3v) is 3.93. The van der Waals surface area contributed by atoms with Crippen LogP contribution < -0.4 is 0 Å². The van der Waals surface area contributed by atoms with Gasteiger partial charge in [-0.25, -0.2) is 0 Å². The standard InChI is InChI=1S/C18H14N2O/c19-13-18(14-20)17(21-18,11-15-7-3-1-4-8-15)12-16-9-5-2-6-10-16/h1-10H,11-12H2. The Labute approximate surface area is 124 Å². The van der Waals surface area contributed by atoms with Gasteiger partial charge in [-0.3, -0.25) is 0 Å². The summed E-state index contributed by atoms with van der Waals surface area (Å²) >= 11 is 0. The Bertz CT molecular complexity index is 655. The minimum atomic E-state index is -1.33. The van der Waals surface area contributed by atoms with Gasteiger partial charge in [0.15, 0.2) is 0 Å². The van der Waals surface area contributed by atoms with Gasteiger partial charge in [-0.1, -0.05) is 60.7 Å². The highest BCUT2D eigenvalue weighted by molar-refractivity contribution is 5.42. The molecule has 1 fully saturated rings. The number of rotatable bonds is 4. The fourth-order valence-corrected chi connectivity index (χ4v) is 2.78. The molecule has 3 heteroatoms. The minimum absolute atomic E-state index is 0.559. The van der Waals surface area contributed by atoms with Crippen LogP contribution in [0.1, 0.15) is 11.1 Å². The van der Waals surface area contributed by atoms with Gasteiger partial charge in [0.1, 0.15) is 17.7 Å². The zero-order valence-electron chi connectivity index (χ0n) is 11.5. The second kappa shape index (κ2) is 5.05. The van der Waals surface area contributed by atoms with E-state index in [1.165, 1.54) is 0 Å². The molecule has 1 aliphatic rings. The molecule has 0 spiro atoms. The molecule has 0 radical (unpaired) electrons. The Morgan fingerprint density at radius 1 is 0.762 bits per heavy atom. The van der Waals surface area contributed by atoms with Crippen LogP contribution in [0.15, 0.2) is 60.7 Å². The topological polar surface area (TPSA) is 60.1 Å². The number of epoxide rings is 1. The SMILES string of the molecule is N#CC1(C#N)OC1(Cc1ccccc1)Cc1ccccc1. The summed E-state index contributed by atoms with van der Waals surface area (Å²) in [5.41, 5.74) is 0.0550. The first-order valence-electron chi connectivity index (χ1n) is 6.84. The molecule has 2 aromatic rings. The first-order valence-corrected chi connectivity index (χ1v) is 6.84. The van der Waals surface area contributed by atoms with Crippen LogP contribution in [-0.2, 0) is 17.6 Å². The van der Waals surface area contributed by atoms with E-state index in [1.807, 2.05) is 60.7 Å². The third kappa shape index (κ3) is 2.29. The Balaban J connectivity index is 1.91. The van der Waals surface area contributed by atoms with Crippen molar-refractivity contribution in [2.45, 2.75) is 24.0 Å². The number of benzene rings is 2. The molecule has 2 aromatic carbocycles. The normalized spacial score (nSPS) is 17.4. The molecular weight excluding hydrogens is 260 g/mol. The van der Waals surface area contributed by atoms with E-state index in [4.69, 9.17) is 4.74 Å². The molecule has 3 nitrogen and oxygen atoms in total. The lowest BCUT2D eigenvalue weighted by molar-refractivity contribution is 0.287. The van der Waals surface area contributed by atoms with Gasteiger partial charge in [-0.2, -0.15) is 10.5 Å². The van der Waals surface area contributed by atoms with Crippen molar-refractivity contribution in [2.75, 3.05) is 0 Å². The number of hydrogen-bond donors (Lipinski definition) is 0. The van der Waals surface area contributed by atoms with Gasteiger partial charge in [0.05, 0.1) is 0 Å². The molecule has 0 N–H and O–H groups in total. The summed E-state index contributed by atoms with van der Waals surface area (Å²) in [5, 5.41) is 18.7. The van der Waals surface area contributed by atoms with E-state index in [2.05, 4.69) is 12.1 Å². The van der Waals surface area contributed by atoms with E-state index < -0.39 is 11.2 Å². The lowest BCUT2D eigenvalue weighted by atomic mass is 9.83. The zero-order valence-corrected chi connectivity index (χ0v) is 11.5. The van der Waals surface area contributed by atoms with Gasteiger partial charge in [0.2, 0.25) is 0 Å². The molecule has 1 saturated heterocycles. The highest BCUT2D eigenvalue weighted by Crippen LogP contribution is 2.51. The second-order valence-corrected chi connectivity index (χ2v) is 5.33. The van der Waals surface area contributed by atoms with E-state index in [-0.39, 0.29) is 0 Å². The van der Waals surface area contributed by atoms with Crippen LogP contribution in [0.2, 0.25) is 0 Å². The summed E-state index contributed by atoms with van der Waals surface area (Å²) in [6, 6.07) is 23.8. The fourth-order valence-electron chi connectivity index (χ4n) is 2.78. The van der Waals surface area contributed by atoms with Gasteiger partial charge in [0, 0.05) is 12.8 Å². The van der Waals surface area contributed by atoms with E-state index in [9.17, 15) is 10.5 Å². The van der Waals surface area contributed by atoms with E-state index >= 15 is 0 Å². The van der Waals surface area contributed by atoms with Gasteiger partial charge in [-0.05, 0) is 11.1 Å². The molecule has 0 unspecified atom stereocenters. The lowest BCUT2D eigenvalue weighted by Gasteiger charge is -2.13. The summed E-state index contributed by atoms with van der Waals surface area (Å²) < 4.78 is 5.68. The first kappa shape index (κ1) is 13.4. The highest BCUT2D eigenvalue weighted by atomic mass is 16.6. The van der Waals surface area contributed by atoms with Crippen molar-refractivity contribution in [1.82, 2.24) is 0 Å². The van der Waals surface area contributed by atoms with E-state index in [0.29, 0.717) is 12.8 Å². The quantitative estimate of drug-likeness (QED) is 0.805. The average Bonchev–Trinajstić information content (AvgIpc) is 3.16. The monoisotopic (exact) mass is 274 g/mol. The zero-order chi connectivity index (χ0) is 14.8. The van der Waals surface area contributed by atoms with Crippen molar-refractivity contribution in [3.63, 3.8) is 0 Å². The Morgan fingerprint density at radius 3 is 1.52 bits per heavy atom. The molecular formula is C18H14N2O. The van der Waals surface area contributed by atoms with Crippen molar-refractivity contribution in [3.05, 3.63) is 71.8 Å². The first-order chi connectivity index (χ1) is 10.2. The largest absolute Gasteiger partial charge is 0.333 e. The van der Waals surface area contributed by atoms with Crippen LogP contribution in [-0.4, -0.2) is 11.2 Å². The predicted octanol–water partition coefficient (Wildman–Crippen LogP) is 3.03. The minimum Gasteiger partial charge on any atom is -0.333 e. The van der Waals surface area contributed by atoms with Crippen molar-refractivity contribution < 1.29 is 4.74 Å². The van der Waals surface area contributed by atoms with Gasteiger partial charge >= 0.3 is 0 Å². The van der Waals surface area contributed by atoms with E-state index in [0.717, 1.165) is 11.1 Å². The Morgan fingerprint density at radius 2 is 1.19 bits per heavy atom. The molecule has 0 bridgehead atoms. The van der Waals surface area contributed by atoms with Crippen LogP contribution >= 0.6 is 0 Å². The molecule has 1 aliphatic heterocycles. The summed E-state index contributed by atoms with van der Waals surface area (Å²) in [7, 11) is 0. The average molecular weight is 274 g/mol. The number of nitrogens with zero attached hydrogens (tertiary/aromatic N) is 2. The van der Waals surface area contributed by atoms with Crippen molar-refractivity contribution in [3.8, 4) is 12.1 Å². The van der Waals surface area contributed by atoms with Crippen LogP contribution in [0.3, 0.4) is 0 Å². The van der Waals surface area contributed by atoms with Crippen LogP contribution in [0.25, 0.3) is 0 Å². The maximum Gasteiger partial charge on any atom is 0.271 e. The molecule has 0 aromatic heterocycles. The summed E-state index contributed by atoms with van der Waals surface area (Å²) in [6.07, 6.45) is 1.12. The molecule has 102 valence electrons. The molecule has 0 aliphatic carbocycles. The van der Waals surface area contributed by atoms with Gasteiger partial charge in [0.25, 0.3) is 5.60 Å². The number of hydrogen-bond acceptors (Lipinski definition) is 3. The smallest absolute Gasteiger partial charge is 0.271 e. The molecule has 0 atom stereocenters. The van der Waals surface area contributed by atoms with Crippen LogP contribution in [0.4, 0.5) is 0 Å². The van der Waals surface area contributed by atoms with Gasteiger partial charge < -0.3 is 4.74 Å². The Kier molecular flexibility index (Phi) is 3.22. The molecule has 0 saturated carbocycles. The van der Waals surface area contributed by atoms with Crippen LogP contribution in [0.5, 0.6) is 0 Å². The van der Waals surface area contributed by atoms with Crippen molar-refractivity contribution >= 4 is 0 Å². The Hall–Kier alpha value is -2.62. The summed E-state index contributed by atoms with van der Waals surface area (Å²) in [5.74, 6) is 0. The second-order valence-electron chi connectivity index (χ2n) is 5.33. The number of nitriles is 2. The lowest BCUT2D eigenvalue weighted by Crippen LogP contribution is -2.28. The van der Waals surface area contributed by atoms with Gasteiger partial charge in [-0.15, -0.1) is 0 Å². The summed E-state index contributed by atoms with van der Waals surface area (Å²) in [4.78, 5) is 0. The molecule has 3 rings (SSSR count). The summed E-state index contributed by atoms with van der Waals surface area (Å²) in [6.45, 7) is 0. The highest BCUT2D eigenvalue weighted by Gasteiger charge is 2.71. The predicted molar refractivity (Wildman–Crippen MR) is 78.1 cm³/mol. The molecule has 21 heavy (non-hydrogen) atoms. The van der Waals surface area contributed by atoms with Crippen molar-refractivity contribution in [1.29, 1.82) is 10.5 Å². The van der Waals surface area contributed by atoms with E-state index in [1.54, 1.807) is 0 Å². The van der Waals surface area contributed by atoms with Crippen LogP contribution in [0, 0.1) is 22.7 Å². The van der Waals surface area contributed by atoms with Crippen molar-refractivity contribution in [2.24, 2.45) is 0 Å². The fraction of sp³-hybridized carbons (Fsp3) is 0.222.